The average Bonchev–Trinajstić information content (AvgIpc) is 2.41. The number of nitrogens with zero attached hydrogens (tertiary/aromatic N) is 1. The van der Waals surface area contributed by atoms with E-state index in [1.54, 1.807) is 0 Å². The Bertz CT molecular complexity index is 241. The highest BCUT2D eigenvalue weighted by atomic mass is 32.1. The SMILES string of the molecule is CCCC(CS)(CCC)CN1CCC(C)C(OC)C1. The summed E-state index contributed by atoms with van der Waals surface area (Å²) >= 11 is 4.67. The third-order valence-corrected chi connectivity index (χ3v) is 5.40. The molecule has 0 radical (unpaired) electrons. The first-order valence-electron chi connectivity index (χ1n) is 7.96. The standard InChI is InChI=1S/C16H33NOS/c1-5-8-16(13-19,9-6-2)12-17-10-7-14(3)15(11-17)18-4/h14-15,19H,5-13H2,1-4H3. The summed E-state index contributed by atoms with van der Waals surface area (Å²) in [6.45, 7) is 10.4. The van der Waals surface area contributed by atoms with Crippen molar-refractivity contribution in [2.24, 2.45) is 11.3 Å². The molecular weight excluding hydrogens is 254 g/mol. The van der Waals surface area contributed by atoms with Gasteiger partial charge in [0.25, 0.3) is 0 Å². The lowest BCUT2D eigenvalue weighted by Crippen LogP contribution is -2.48. The predicted molar refractivity (Wildman–Crippen MR) is 87.1 cm³/mol. The molecule has 1 saturated heterocycles. The second-order valence-electron chi connectivity index (χ2n) is 6.43. The minimum absolute atomic E-state index is 0.408. The Labute approximate surface area is 125 Å². The number of hydrogen-bond acceptors (Lipinski definition) is 3. The van der Waals surface area contributed by atoms with Gasteiger partial charge in [-0.3, -0.25) is 0 Å². The van der Waals surface area contributed by atoms with Crippen LogP contribution in [0.4, 0.5) is 0 Å². The molecule has 0 aromatic carbocycles. The Hall–Kier alpha value is 0.270. The van der Waals surface area contributed by atoms with Gasteiger partial charge in [0.15, 0.2) is 0 Å². The summed E-state index contributed by atoms with van der Waals surface area (Å²) in [5.41, 5.74) is 0.408. The zero-order chi connectivity index (χ0) is 14.3. The molecule has 0 N–H and O–H groups in total. The van der Waals surface area contributed by atoms with Crippen molar-refractivity contribution in [1.29, 1.82) is 0 Å². The number of rotatable bonds is 8. The molecule has 2 unspecified atom stereocenters. The maximum atomic E-state index is 5.64. The third kappa shape index (κ3) is 4.95. The zero-order valence-corrected chi connectivity index (χ0v) is 14.2. The van der Waals surface area contributed by atoms with E-state index in [0.717, 1.165) is 12.3 Å². The largest absolute Gasteiger partial charge is 0.380 e. The molecular formula is C16H33NOS. The summed E-state index contributed by atoms with van der Waals surface area (Å²) in [6, 6.07) is 0. The van der Waals surface area contributed by atoms with Crippen LogP contribution in [0.15, 0.2) is 0 Å². The van der Waals surface area contributed by atoms with Gasteiger partial charge >= 0.3 is 0 Å². The van der Waals surface area contributed by atoms with Crippen LogP contribution in [0.5, 0.6) is 0 Å². The lowest BCUT2D eigenvalue weighted by Gasteiger charge is -2.42. The van der Waals surface area contributed by atoms with E-state index in [9.17, 15) is 0 Å². The topological polar surface area (TPSA) is 12.5 Å². The molecule has 0 bridgehead atoms. The van der Waals surface area contributed by atoms with Crippen LogP contribution >= 0.6 is 12.6 Å². The first-order valence-corrected chi connectivity index (χ1v) is 8.60. The Morgan fingerprint density at radius 1 is 1.26 bits per heavy atom. The first-order chi connectivity index (χ1) is 9.10. The Balaban J connectivity index is 2.62. The van der Waals surface area contributed by atoms with Crippen molar-refractivity contribution in [3.8, 4) is 0 Å². The van der Waals surface area contributed by atoms with Crippen molar-refractivity contribution in [2.45, 2.75) is 59.0 Å². The maximum absolute atomic E-state index is 5.64. The minimum atomic E-state index is 0.408. The van der Waals surface area contributed by atoms with Crippen LogP contribution in [-0.4, -0.2) is 43.5 Å². The van der Waals surface area contributed by atoms with Gasteiger partial charge < -0.3 is 9.64 Å². The molecule has 0 spiro atoms. The number of ether oxygens (including phenoxy) is 1. The first kappa shape index (κ1) is 17.3. The van der Waals surface area contributed by atoms with E-state index in [4.69, 9.17) is 4.74 Å². The molecule has 1 aliphatic rings. The smallest absolute Gasteiger partial charge is 0.0724 e. The molecule has 114 valence electrons. The van der Waals surface area contributed by atoms with Gasteiger partial charge in [-0.1, -0.05) is 33.6 Å². The molecule has 1 fully saturated rings. The molecule has 1 heterocycles. The van der Waals surface area contributed by atoms with E-state index in [1.165, 1.54) is 45.2 Å². The fourth-order valence-electron chi connectivity index (χ4n) is 3.57. The number of piperidine rings is 1. The fraction of sp³-hybridized carbons (Fsp3) is 1.00. The van der Waals surface area contributed by atoms with Crippen molar-refractivity contribution >= 4 is 12.6 Å². The highest BCUT2D eigenvalue weighted by Gasteiger charge is 2.33. The second kappa shape index (κ2) is 8.53. The molecule has 0 aromatic rings. The highest BCUT2D eigenvalue weighted by Crippen LogP contribution is 2.34. The summed E-state index contributed by atoms with van der Waals surface area (Å²) in [5.74, 6) is 1.71. The van der Waals surface area contributed by atoms with Crippen molar-refractivity contribution in [3.63, 3.8) is 0 Å². The Kier molecular flexibility index (Phi) is 7.78. The Morgan fingerprint density at radius 3 is 2.37 bits per heavy atom. The van der Waals surface area contributed by atoms with Crippen molar-refractivity contribution < 1.29 is 4.74 Å². The van der Waals surface area contributed by atoms with E-state index < -0.39 is 0 Å². The van der Waals surface area contributed by atoms with Crippen LogP contribution < -0.4 is 0 Å². The normalized spacial score (nSPS) is 25.7. The number of methoxy groups -OCH3 is 1. The lowest BCUT2D eigenvalue weighted by molar-refractivity contribution is -0.0178. The summed E-state index contributed by atoms with van der Waals surface area (Å²) in [7, 11) is 1.86. The van der Waals surface area contributed by atoms with Gasteiger partial charge in [0.2, 0.25) is 0 Å². The van der Waals surface area contributed by atoms with Gasteiger partial charge in [-0.05, 0) is 42.9 Å². The molecule has 3 heteroatoms. The fourth-order valence-corrected chi connectivity index (χ4v) is 3.99. The van der Waals surface area contributed by atoms with Gasteiger partial charge in [0.05, 0.1) is 6.10 Å². The van der Waals surface area contributed by atoms with Crippen LogP contribution in [0.1, 0.15) is 52.9 Å². The summed E-state index contributed by atoms with van der Waals surface area (Å²) < 4.78 is 5.64. The molecule has 1 rings (SSSR count). The van der Waals surface area contributed by atoms with Crippen LogP contribution in [-0.2, 0) is 4.74 Å². The van der Waals surface area contributed by atoms with Crippen LogP contribution in [0, 0.1) is 11.3 Å². The van der Waals surface area contributed by atoms with Gasteiger partial charge in [-0.15, -0.1) is 0 Å². The summed E-state index contributed by atoms with van der Waals surface area (Å²) in [5, 5.41) is 0. The summed E-state index contributed by atoms with van der Waals surface area (Å²) in [6.07, 6.45) is 6.80. The Morgan fingerprint density at radius 2 is 1.89 bits per heavy atom. The second-order valence-corrected chi connectivity index (χ2v) is 6.75. The lowest BCUT2D eigenvalue weighted by atomic mass is 9.79. The molecule has 0 aliphatic carbocycles. The van der Waals surface area contributed by atoms with Crippen molar-refractivity contribution in [2.75, 3.05) is 32.5 Å². The van der Waals surface area contributed by atoms with Crippen LogP contribution in [0.25, 0.3) is 0 Å². The van der Waals surface area contributed by atoms with Crippen molar-refractivity contribution in [1.82, 2.24) is 4.90 Å². The molecule has 2 nitrogen and oxygen atoms in total. The van der Waals surface area contributed by atoms with Gasteiger partial charge in [-0.2, -0.15) is 12.6 Å². The molecule has 2 atom stereocenters. The zero-order valence-electron chi connectivity index (χ0n) is 13.3. The number of hydrogen-bond donors (Lipinski definition) is 1. The van der Waals surface area contributed by atoms with Crippen molar-refractivity contribution in [3.05, 3.63) is 0 Å². The quantitative estimate of drug-likeness (QED) is 0.681. The monoisotopic (exact) mass is 287 g/mol. The van der Waals surface area contributed by atoms with E-state index in [0.29, 0.717) is 17.4 Å². The third-order valence-electron chi connectivity index (χ3n) is 4.73. The van der Waals surface area contributed by atoms with Crippen LogP contribution in [0.2, 0.25) is 0 Å². The van der Waals surface area contributed by atoms with E-state index in [2.05, 4.69) is 38.3 Å². The molecule has 0 amide bonds. The molecule has 0 aromatic heterocycles. The molecule has 19 heavy (non-hydrogen) atoms. The highest BCUT2D eigenvalue weighted by molar-refractivity contribution is 7.80. The van der Waals surface area contributed by atoms with E-state index in [-0.39, 0.29) is 0 Å². The van der Waals surface area contributed by atoms with Gasteiger partial charge in [0.1, 0.15) is 0 Å². The maximum Gasteiger partial charge on any atom is 0.0724 e. The number of likely N-dealkylation sites (tertiary alicyclic amines) is 1. The van der Waals surface area contributed by atoms with Gasteiger partial charge in [0, 0.05) is 20.2 Å². The van der Waals surface area contributed by atoms with E-state index in [1.807, 2.05) is 7.11 Å². The van der Waals surface area contributed by atoms with Crippen LogP contribution in [0.3, 0.4) is 0 Å². The minimum Gasteiger partial charge on any atom is -0.380 e. The molecule has 1 aliphatic heterocycles. The average molecular weight is 288 g/mol. The molecule has 0 saturated carbocycles. The van der Waals surface area contributed by atoms with E-state index >= 15 is 0 Å². The summed E-state index contributed by atoms with van der Waals surface area (Å²) in [4.78, 5) is 2.62. The van der Waals surface area contributed by atoms with Gasteiger partial charge in [-0.25, -0.2) is 0 Å². The number of thiol groups is 1. The predicted octanol–water partition coefficient (Wildman–Crippen LogP) is 3.86.